The SMILES string of the molecule is CC(N)Cc1nc(Br)c(C(C)C)s1. The monoisotopic (exact) mass is 262 g/mol. The molecule has 1 rings (SSSR count). The number of nitrogens with two attached hydrogens (primary N) is 1. The topological polar surface area (TPSA) is 38.9 Å². The van der Waals surface area contributed by atoms with Gasteiger partial charge in [-0.3, -0.25) is 0 Å². The van der Waals surface area contributed by atoms with Gasteiger partial charge in [0, 0.05) is 17.3 Å². The summed E-state index contributed by atoms with van der Waals surface area (Å²) < 4.78 is 0.989. The van der Waals surface area contributed by atoms with Gasteiger partial charge in [0.2, 0.25) is 0 Å². The van der Waals surface area contributed by atoms with Crippen molar-refractivity contribution in [3.8, 4) is 0 Å². The third kappa shape index (κ3) is 3.04. The van der Waals surface area contributed by atoms with Crippen molar-refractivity contribution in [2.75, 3.05) is 0 Å². The third-order valence-corrected chi connectivity index (χ3v) is 3.92. The number of nitrogens with zero attached hydrogens (tertiary/aromatic N) is 1. The molecule has 13 heavy (non-hydrogen) atoms. The van der Waals surface area contributed by atoms with Crippen molar-refractivity contribution in [2.45, 2.75) is 39.2 Å². The van der Waals surface area contributed by atoms with Gasteiger partial charge in [0.25, 0.3) is 0 Å². The molecule has 0 amide bonds. The molecule has 0 aliphatic rings. The fraction of sp³-hybridized carbons (Fsp3) is 0.667. The second kappa shape index (κ2) is 4.53. The summed E-state index contributed by atoms with van der Waals surface area (Å²) in [5.41, 5.74) is 5.71. The van der Waals surface area contributed by atoms with Crippen molar-refractivity contribution in [1.82, 2.24) is 4.98 Å². The van der Waals surface area contributed by atoms with Crippen LogP contribution in [0.3, 0.4) is 0 Å². The van der Waals surface area contributed by atoms with Gasteiger partial charge in [-0.05, 0) is 28.8 Å². The Balaban J connectivity index is 2.82. The summed E-state index contributed by atoms with van der Waals surface area (Å²) >= 11 is 5.22. The molecule has 4 heteroatoms. The molecule has 0 bridgehead atoms. The molecule has 1 aromatic rings. The average Bonchev–Trinajstić information content (AvgIpc) is 2.29. The predicted molar refractivity (Wildman–Crippen MR) is 61.3 cm³/mol. The molecule has 0 aliphatic carbocycles. The molecule has 0 radical (unpaired) electrons. The van der Waals surface area contributed by atoms with E-state index in [-0.39, 0.29) is 6.04 Å². The minimum atomic E-state index is 0.193. The largest absolute Gasteiger partial charge is 0.328 e. The van der Waals surface area contributed by atoms with Gasteiger partial charge in [0.05, 0.1) is 5.01 Å². The lowest BCUT2D eigenvalue weighted by atomic mass is 10.2. The zero-order valence-corrected chi connectivity index (χ0v) is 10.6. The van der Waals surface area contributed by atoms with E-state index in [1.54, 1.807) is 11.3 Å². The zero-order chi connectivity index (χ0) is 10.0. The Morgan fingerprint density at radius 3 is 2.46 bits per heavy atom. The van der Waals surface area contributed by atoms with Crippen LogP contribution in [0.5, 0.6) is 0 Å². The molecule has 1 atom stereocenters. The van der Waals surface area contributed by atoms with Crippen molar-refractivity contribution in [1.29, 1.82) is 0 Å². The summed E-state index contributed by atoms with van der Waals surface area (Å²) in [6.45, 7) is 6.35. The van der Waals surface area contributed by atoms with E-state index >= 15 is 0 Å². The first-order chi connectivity index (χ1) is 6.00. The van der Waals surface area contributed by atoms with Gasteiger partial charge in [0.15, 0.2) is 0 Å². The van der Waals surface area contributed by atoms with Gasteiger partial charge >= 0.3 is 0 Å². The molecule has 0 saturated heterocycles. The smallest absolute Gasteiger partial charge is 0.120 e. The van der Waals surface area contributed by atoms with E-state index in [2.05, 4.69) is 34.8 Å². The number of halogens is 1. The lowest BCUT2D eigenvalue weighted by Crippen LogP contribution is -2.17. The first-order valence-electron chi connectivity index (χ1n) is 4.41. The molecule has 0 aromatic carbocycles. The Labute approximate surface area is 91.7 Å². The van der Waals surface area contributed by atoms with E-state index in [0.717, 1.165) is 16.0 Å². The van der Waals surface area contributed by atoms with Crippen LogP contribution in [-0.2, 0) is 6.42 Å². The molecule has 0 fully saturated rings. The molecule has 0 aliphatic heterocycles. The number of thiazole rings is 1. The standard InChI is InChI=1S/C9H15BrN2S/c1-5(2)8-9(10)12-7(13-8)4-6(3)11/h5-6H,4,11H2,1-3H3. The van der Waals surface area contributed by atoms with Gasteiger partial charge in [-0.25, -0.2) is 4.98 Å². The molecular formula is C9H15BrN2S. The van der Waals surface area contributed by atoms with Crippen LogP contribution in [0.15, 0.2) is 4.60 Å². The molecule has 74 valence electrons. The molecular weight excluding hydrogens is 248 g/mol. The average molecular weight is 263 g/mol. The first kappa shape index (κ1) is 11.1. The fourth-order valence-electron chi connectivity index (χ4n) is 1.08. The number of aromatic nitrogens is 1. The van der Waals surface area contributed by atoms with Crippen molar-refractivity contribution < 1.29 is 0 Å². The summed E-state index contributed by atoms with van der Waals surface area (Å²) in [6, 6.07) is 0.193. The van der Waals surface area contributed by atoms with Crippen molar-refractivity contribution in [3.05, 3.63) is 14.5 Å². The minimum Gasteiger partial charge on any atom is -0.328 e. The summed E-state index contributed by atoms with van der Waals surface area (Å²) in [4.78, 5) is 5.74. The Bertz CT molecular complexity index is 281. The quantitative estimate of drug-likeness (QED) is 0.910. The Morgan fingerprint density at radius 2 is 2.08 bits per heavy atom. The zero-order valence-electron chi connectivity index (χ0n) is 8.17. The normalized spacial score (nSPS) is 13.7. The molecule has 2 nitrogen and oxygen atoms in total. The molecule has 0 saturated carbocycles. The van der Waals surface area contributed by atoms with E-state index in [1.165, 1.54) is 4.88 Å². The maximum Gasteiger partial charge on any atom is 0.120 e. The first-order valence-corrected chi connectivity index (χ1v) is 6.02. The summed E-state index contributed by atoms with van der Waals surface area (Å²) in [7, 11) is 0. The van der Waals surface area contributed by atoms with Gasteiger partial charge in [0.1, 0.15) is 4.60 Å². The maximum atomic E-state index is 5.71. The van der Waals surface area contributed by atoms with E-state index in [1.807, 2.05) is 6.92 Å². The second-order valence-corrected chi connectivity index (χ2v) is 5.47. The lowest BCUT2D eigenvalue weighted by molar-refractivity contribution is 0.733. The van der Waals surface area contributed by atoms with E-state index < -0.39 is 0 Å². The lowest BCUT2D eigenvalue weighted by Gasteiger charge is -2.00. The maximum absolute atomic E-state index is 5.71. The van der Waals surface area contributed by atoms with Crippen LogP contribution in [0.25, 0.3) is 0 Å². The molecule has 1 heterocycles. The Morgan fingerprint density at radius 1 is 1.46 bits per heavy atom. The van der Waals surface area contributed by atoms with Crippen LogP contribution in [0, 0.1) is 0 Å². The van der Waals surface area contributed by atoms with Crippen LogP contribution in [-0.4, -0.2) is 11.0 Å². The summed E-state index contributed by atoms with van der Waals surface area (Å²) in [6.07, 6.45) is 0.871. The third-order valence-electron chi connectivity index (χ3n) is 1.67. The van der Waals surface area contributed by atoms with Crippen LogP contribution >= 0.6 is 27.3 Å². The van der Waals surface area contributed by atoms with Crippen LogP contribution in [0.1, 0.15) is 36.6 Å². The molecule has 1 aromatic heterocycles. The van der Waals surface area contributed by atoms with Crippen molar-refractivity contribution >= 4 is 27.3 Å². The Kier molecular flexibility index (Phi) is 3.88. The number of hydrogen-bond donors (Lipinski definition) is 1. The minimum absolute atomic E-state index is 0.193. The van der Waals surface area contributed by atoms with E-state index in [9.17, 15) is 0 Å². The second-order valence-electron chi connectivity index (χ2n) is 3.60. The number of rotatable bonds is 3. The van der Waals surface area contributed by atoms with E-state index in [0.29, 0.717) is 5.92 Å². The predicted octanol–water partition coefficient (Wildman–Crippen LogP) is 2.92. The van der Waals surface area contributed by atoms with Gasteiger partial charge in [-0.2, -0.15) is 0 Å². The van der Waals surface area contributed by atoms with E-state index in [4.69, 9.17) is 5.73 Å². The van der Waals surface area contributed by atoms with Crippen LogP contribution in [0.2, 0.25) is 0 Å². The van der Waals surface area contributed by atoms with Crippen LogP contribution in [0.4, 0.5) is 0 Å². The van der Waals surface area contributed by atoms with Gasteiger partial charge in [-0.15, -0.1) is 11.3 Å². The highest BCUT2D eigenvalue weighted by molar-refractivity contribution is 9.10. The highest BCUT2D eigenvalue weighted by atomic mass is 79.9. The molecule has 1 unspecified atom stereocenters. The summed E-state index contributed by atoms with van der Waals surface area (Å²) in [5.74, 6) is 0.536. The fourth-order valence-corrected chi connectivity index (χ4v) is 3.21. The number of hydrogen-bond acceptors (Lipinski definition) is 3. The van der Waals surface area contributed by atoms with Gasteiger partial charge in [-0.1, -0.05) is 13.8 Å². The molecule has 2 N–H and O–H groups in total. The highest BCUT2D eigenvalue weighted by Gasteiger charge is 2.12. The Hall–Kier alpha value is 0.0700. The highest BCUT2D eigenvalue weighted by Crippen LogP contribution is 2.30. The summed E-state index contributed by atoms with van der Waals surface area (Å²) in [5, 5.41) is 1.13. The molecule has 0 spiro atoms. The van der Waals surface area contributed by atoms with Crippen molar-refractivity contribution in [3.63, 3.8) is 0 Å². The van der Waals surface area contributed by atoms with Gasteiger partial charge < -0.3 is 5.73 Å². The van der Waals surface area contributed by atoms with Crippen LogP contribution < -0.4 is 5.73 Å². The van der Waals surface area contributed by atoms with Crippen molar-refractivity contribution in [2.24, 2.45) is 5.73 Å².